The maximum Gasteiger partial charge on any atom is 0.0576 e. The van der Waals surface area contributed by atoms with Gasteiger partial charge >= 0.3 is 0 Å². The summed E-state index contributed by atoms with van der Waals surface area (Å²) in [6, 6.07) is 6.64. The van der Waals surface area contributed by atoms with Gasteiger partial charge in [-0.3, -0.25) is 4.98 Å². The zero-order chi connectivity index (χ0) is 9.10. The van der Waals surface area contributed by atoms with E-state index in [4.69, 9.17) is 0 Å². The van der Waals surface area contributed by atoms with Gasteiger partial charge in [-0.05, 0) is 37.4 Å². The Balaban J connectivity index is 2.10. The first-order valence-electron chi connectivity index (χ1n) is 5.06. The van der Waals surface area contributed by atoms with Gasteiger partial charge < -0.3 is 5.32 Å². The molecule has 1 saturated carbocycles. The minimum Gasteiger partial charge on any atom is -0.309 e. The van der Waals surface area contributed by atoms with Gasteiger partial charge in [-0.2, -0.15) is 0 Å². The van der Waals surface area contributed by atoms with Gasteiger partial charge in [-0.1, -0.05) is 13.0 Å². The van der Waals surface area contributed by atoms with Gasteiger partial charge in [0.1, 0.15) is 0 Å². The van der Waals surface area contributed by atoms with Crippen LogP contribution in [0, 0.1) is 5.92 Å². The van der Waals surface area contributed by atoms with E-state index in [0.29, 0.717) is 6.04 Å². The Morgan fingerprint density at radius 3 is 2.92 bits per heavy atom. The molecular weight excluding hydrogens is 160 g/mol. The molecule has 13 heavy (non-hydrogen) atoms. The summed E-state index contributed by atoms with van der Waals surface area (Å²) in [5.74, 6) is 0.829. The third kappa shape index (κ3) is 2.07. The minimum absolute atomic E-state index is 0.492. The topological polar surface area (TPSA) is 24.9 Å². The molecule has 1 unspecified atom stereocenters. The van der Waals surface area contributed by atoms with E-state index in [9.17, 15) is 0 Å². The average molecular weight is 176 g/mol. The molecule has 1 aliphatic carbocycles. The van der Waals surface area contributed by atoms with Gasteiger partial charge in [-0.15, -0.1) is 0 Å². The number of rotatable bonds is 4. The van der Waals surface area contributed by atoms with E-state index in [1.54, 1.807) is 0 Å². The lowest BCUT2D eigenvalue weighted by Crippen LogP contribution is -2.23. The van der Waals surface area contributed by atoms with Gasteiger partial charge in [0.25, 0.3) is 0 Å². The predicted octanol–water partition coefficient (Wildman–Crippen LogP) is 2.14. The molecule has 1 aliphatic rings. The summed E-state index contributed by atoms with van der Waals surface area (Å²) in [7, 11) is 0. The van der Waals surface area contributed by atoms with Gasteiger partial charge in [0.2, 0.25) is 0 Å². The Kier molecular flexibility index (Phi) is 2.60. The molecule has 2 heteroatoms. The molecular formula is C11H16N2. The van der Waals surface area contributed by atoms with Crippen molar-refractivity contribution in [3.8, 4) is 0 Å². The van der Waals surface area contributed by atoms with Crippen LogP contribution >= 0.6 is 0 Å². The summed E-state index contributed by atoms with van der Waals surface area (Å²) in [5.41, 5.74) is 1.20. The van der Waals surface area contributed by atoms with Crippen LogP contribution in [0.5, 0.6) is 0 Å². The Labute approximate surface area is 79.4 Å². The average Bonchev–Trinajstić information content (AvgIpc) is 2.99. The molecule has 70 valence electrons. The van der Waals surface area contributed by atoms with E-state index in [1.807, 2.05) is 12.3 Å². The Morgan fingerprint density at radius 2 is 2.38 bits per heavy atom. The quantitative estimate of drug-likeness (QED) is 0.760. The second kappa shape index (κ2) is 3.88. The highest BCUT2D eigenvalue weighted by molar-refractivity contribution is 5.11. The fourth-order valence-corrected chi connectivity index (χ4v) is 1.72. The molecule has 1 fully saturated rings. The standard InChI is InChI=1S/C11H16N2/c1-2-12-11(9-6-7-9)10-5-3-4-8-13-10/h3-5,8-9,11-12H,2,6-7H2,1H3. The second-order valence-electron chi connectivity index (χ2n) is 3.63. The molecule has 0 aromatic carbocycles. The summed E-state index contributed by atoms with van der Waals surface area (Å²) in [4.78, 5) is 4.40. The van der Waals surface area contributed by atoms with Crippen LogP contribution < -0.4 is 5.32 Å². The van der Waals surface area contributed by atoms with E-state index >= 15 is 0 Å². The highest BCUT2D eigenvalue weighted by atomic mass is 14.9. The maximum atomic E-state index is 4.40. The number of aromatic nitrogens is 1. The first-order chi connectivity index (χ1) is 6.42. The molecule has 0 saturated heterocycles. The molecule has 1 aromatic rings. The lowest BCUT2D eigenvalue weighted by Gasteiger charge is -2.15. The van der Waals surface area contributed by atoms with Crippen molar-refractivity contribution < 1.29 is 0 Å². The van der Waals surface area contributed by atoms with Crippen molar-refractivity contribution in [2.75, 3.05) is 6.54 Å². The lowest BCUT2D eigenvalue weighted by atomic mass is 10.1. The number of hydrogen-bond donors (Lipinski definition) is 1. The van der Waals surface area contributed by atoms with Gasteiger partial charge in [-0.25, -0.2) is 0 Å². The van der Waals surface area contributed by atoms with Crippen LogP contribution in [0.2, 0.25) is 0 Å². The fourth-order valence-electron chi connectivity index (χ4n) is 1.72. The molecule has 2 rings (SSSR count). The van der Waals surface area contributed by atoms with E-state index in [-0.39, 0.29) is 0 Å². The van der Waals surface area contributed by atoms with Crippen molar-refractivity contribution >= 4 is 0 Å². The van der Waals surface area contributed by atoms with Crippen LogP contribution in [-0.4, -0.2) is 11.5 Å². The molecule has 1 heterocycles. The van der Waals surface area contributed by atoms with Crippen molar-refractivity contribution in [1.82, 2.24) is 10.3 Å². The van der Waals surface area contributed by atoms with Gasteiger partial charge in [0.15, 0.2) is 0 Å². The highest BCUT2D eigenvalue weighted by Gasteiger charge is 2.32. The van der Waals surface area contributed by atoms with Crippen LogP contribution in [0.1, 0.15) is 31.5 Å². The number of nitrogens with zero attached hydrogens (tertiary/aromatic N) is 1. The van der Waals surface area contributed by atoms with Crippen molar-refractivity contribution in [2.45, 2.75) is 25.8 Å². The lowest BCUT2D eigenvalue weighted by molar-refractivity contribution is 0.485. The zero-order valence-corrected chi connectivity index (χ0v) is 8.03. The molecule has 0 amide bonds. The maximum absolute atomic E-state index is 4.40. The number of hydrogen-bond acceptors (Lipinski definition) is 2. The van der Waals surface area contributed by atoms with Crippen molar-refractivity contribution in [3.05, 3.63) is 30.1 Å². The van der Waals surface area contributed by atoms with Crippen molar-refractivity contribution in [2.24, 2.45) is 5.92 Å². The third-order valence-corrected chi connectivity index (χ3v) is 2.52. The summed E-state index contributed by atoms with van der Waals surface area (Å²) in [5, 5.41) is 3.50. The molecule has 1 aromatic heterocycles. The molecule has 0 bridgehead atoms. The largest absolute Gasteiger partial charge is 0.309 e. The van der Waals surface area contributed by atoms with Crippen LogP contribution in [0.25, 0.3) is 0 Å². The molecule has 0 spiro atoms. The van der Waals surface area contributed by atoms with Crippen LogP contribution in [0.15, 0.2) is 24.4 Å². The van der Waals surface area contributed by atoms with Gasteiger partial charge in [0, 0.05) is 6.20 Å². The zero-order valence-electron chi connectivity index (χ0n) is 8.03. The van der Waals surface area contributed by atoms with Crippen LogP contribution in [0.4, 0.5) is 0 Å². The first-order valence-corrected chi connectivity index (χ1v) is 5.06. The van der Waals surface area contributed by atoms with Crippen LogP contribution in [-0.2, 0) is 0 Å². The highest BCUT2D eigenvalue weighted by Crippen LogP contribution is 2.40. The SMILES string of the molecule is CCNC(c1ccccn1)C1CC1. The summed E-state index contributed by atoms with van der Waals surface area (Å²) in [6.07, 6.45) is 4.59. The van der Waals surface area contributed by atoms with Gasteiger partial charge in [0.05, 0.1) is 11.7 Å². The summed E-state index contributed by atoms with van der Waals surface area (Å²) < 4.78 is 0. The smallest absolute Gasteiger partial charge is 0.0576 e. The monoisotopic (exact) mass is 176 g/mol. The Hall–Kier alpha value is -0.890. The van der Waals surface area contributed by atoms with E-state index in [2.05, 4.69) is 29.4 Å². The second-order valence-corrected chi connectivity index (χ2v) is 3.63. The number of pyridine rings is 1. The molecule has 1 atom stereocenters. The first kappa shape index (κ1) is 8.70. The van der Waals surface area contributed by atoms with Crippen molar-refractivity contribution in [3.63, 3.8) is 0 Å². The third-order valence-electron chi connectivity index (χ3n) is 2.52. The fraction of sp³-hybridized carbons (Fsp3) is 0.545. The Bertz CT molecular complexity index is 254. The Morgan fingerprint density at radius 1 is 1.54 bits per heavy atom. The molecule has 2 nitrogen and oxygen atoms in total. The normalized spacial score (nSPS) is 18.5. The van der Waals surface area contributed by atoms with E-state index < -0.39 is 0 Å². The molecule has 0 aliphatic heterocycles. The van der Waals surface area contributed by atoms with E-state index in [1.165, 1.54) is 18.5 Å². The van der Waals surface area contributed by atoms with Crippen molar-refractivity contribution in [1.29, 1.82) is 0 Å². The van der Waals surface area contributed by atoms with Crippen LogP contribution in [0.3, 0.4) is 0 Å². The van der Waals surface area contributed by atoms with E-state index in [0.717, 1.165) is 12.5 Å². The minimum atomic E-state index is 0.492. The molecule has 1 N–H and O–H groups in total. The molecule has 0 radical (unpaired) electrons. The predicted molar refractivity (Wildman–Crippen MR) is 53.4 cm³/mol. The summed E-state index contributed by atoms with van der Waals surface area (Å²) in [6.45, 7) is 3.18. The number of nitrogens with one attached hydrogen (secondary N) is 1. The summed E-state index contributed by atoms with van der Waals surface area (Å²) >= 11 is 0.